The molecule has 1 aliphatic heterocycles. The van der Waals surface area contributed by atoms with Crippen molar-refractivity contribution in [2.24, 2.45) is 17.6 Å². The number of methoxy groups -OCH3 is 1. The maximum Gasteiger partial charge on any atom is 0.224 e. The Morgan fingerprint density at radius 2 is 2.00 bits per heavy atom. The van der Waals surface area contributed by atoms with Crippen molar-refractivity contribution in [2.45, 2.75) is 44.2 Å². The Labute approximate surface area is 150 Å². The number of amides is 1. The van der Waals surface area contributed by atoms with Crippen molar-refractivity contribution in [2.75, 3.05) is 27.2 Å². The predicted molar refractivity (Wildman–Crippen MR) is 99.4 cm³/mol. The van der Waals surface area contributed by atoms with Crippen molar-refractivity contribution < 1.29 is 9.53 Å². The number of nitrogens with one attached hydrogen (secondary N) is 1. The van der Waals surface area contributed by atoms with Crippen LogP contribution in [0.1, 0.15) is 43.7 Å². The molecule has 3 N–H and O–H groups in total. The van der Waals surface area contributed by atoms with Crippen molar-refractivity contribution in [1.82, 2.24) is 10.2 Å². The van der Waals surface area contributed by atoms with Crippen LogP contribution >= 0.6 is 0 Å². The average molecular weight is 345 g/mol. The Morgan fingerprint density at radius 3 is 2.64 bits per heavy atom. The molecule has 0 unspecified atom stereocenters. The minimum atomic E-state index is 0.000701. The standard InChI is InChI=1S/C20H31N3O2/c1-23-12-4-5-15(13-22-20(24)17-6-3-7-18(17)21)19(23)14-8-10-16(25-2)11-9-14/h8-11,15,17-19H,3-7,12-13,21H2,1-2H3,(H,22,24)/t15-,17-,18-,19+/m0/s1. The number of rotatable bonds is 5. The fourth-order valence-electron chi connectivity index (χ4n) is 4.48. The monoisotopic (exact) mass is 345 g/mol. The molecule has 3 rings (SSSR count). The van der Waals surface area contributed by atoms with Gasteiger partial charge in [0, 0.05) is 18.6 Å². The zero-order valence-electron chi connectivity index (χ0n) is 15.4. The number of nitrogens with two attached hydrogens (primary N) is 1. The summed E-state index contributed by atoms with van der Waals surface area (Å²) in [7, 11) is 3.86. The van der Waals surface area contributed by atoms with Gasteiger partial charge in [-0.25, -0.2) is 0 Å². The highest BCUT2D eigenvalue weighted by atomic mass is 16.5. The maximum absolute atomic E-state index is 12.5. The van der Waals surface area contributed by atoms with Crippen LogP contribution in [0.25, 0.3) is 0 Å². The number of hydrogen-bond donors (Lipinski definition) is 2. The number of nitrogens with zero attached hydrogens (tertiary/aromatic N) is 1. The highest BCUT2D eigenvalue weighted by Gasteiger charge is 2.33. The van der Waals surface area contributed by atoms with Crippen LogP contribution in [-0.2, 0) is 4.79 Å². The molecule has 5 nitrogen and oxygen atoms in total. The van der Waals surface area contributed by atoms with E-state index in [2.05, 4.69) is 29.4 Å². The Bertz CT molecular complexity index is 575. The van der Waals surface area contributed by atoms with Crippen LogP contribution < -0.4 is 15.8 Å². The van der Waals surface area contributed by atoms with Crippen LogP contribution in [0, 0.1) is 11.8 Å². The van der Waals surface area contributed by atoms with Crippen LogP contribution in [0.3, 0.4) is 0 Å². The lowest BCUT2D eigenvalue weighted by atomic mass is 9.84. The molecule has 0 spiro atoms. The molecule has 25 heavy (non-hydrogen) atoms. The van der Waals surface area contributed by atoms with Crippen molar-refractivity contribution in [3.63, 3.8) is 0 Å². The summed E-state index contributed by atoms with van der Waals surface area (Å²) in [5.41, 5.74) is 7.37. The molecule has 0 bridgehead atoms. The molecule has 1 aromatic carbocycles. The quantitative estimate of drug-likeness (QED) is 0.859. The Hall–Kier alpha value is -1.59. The number of ether oxygens (including phenoxy) is 1. The number of likely N-dealkylation sites (tertiary alicyclic amines) is 1. The maximum atomic E-state index is 12.5. The van der Waals surface area contributed by atoms with Gasteiger partial charge in [-0.3, -0.25) is 9.69 Å². The third-order valence-corrected chi connectivity index (χ3v) is 5.91. The molecule has 1 aromatic rings. The smallest absolute Gasteiger partial charge is 0.224 e. The van der Waals surface area contributed by atoms with Gasteiger partial charge in [0.25, 0.3) is 0 Å². The molecule has 1 amide bonds. The summed E-state index contributed by atoms with van der Waals surface area (Å²) in [6, 6.07) is 8.69. The second-order valence-corrected chi connectivity index (χ2v) is 7.55. The lowest BCUT2D eigenvalue weighted by Gasteiger charge is -2.40. The SMILES string of the molecule is COc1ccc([C@@H]2[C@H](CNC(=O)[C@H]3CCC[C@@H]3N)CCCN2C)cc1. The number of carbonyl (C=O) groups is 1. The molecule has 2 fully saturated rings. The molecule has 1 heterocycles. The van der Waals surface area contributed by atoms with Crippen LogP contribution in [0.15, 0.2) is 24.3 Å². The zero-order chi connectivity index (χ0) is 17.8. The molecule has 1 saturated carbocycles. The van der Waals surface area contributed by atoms with Crippen molar-refractivity contribution >= 4 is 5.91 Å². The Kier molecular flexibility index (Phi) is 5.97. The first-order valence-corrected chi connectivity index (χ1v) is 9.47. The first-order chi connectivity index (χ1) is 12.1. The summed E-state index contributed by atoms with van der Waals surface area (Å²) >= 11 is 0. The molecule has 2 aliphatic rings. The molecule has 1 saturated heterocycles. The van der Waals surface area contributed by atoms with Crippen LogP contribution in [0.5, 0.6) is 5.75 Å². The average Bonchev–Trinajstić information content (AvgIpc) is 3.06. The largest absolute Gasteiger partial charge is 0.497 e. The van der Waals surface area contributed by atoms with Crippen LogP contribution in [0.2, 0.25) is 0 Å². The fraction of sp³-hybridized carbons (Fsp3) is 0.650. The summed E-state index contributed by atoms with van der Waals surface area (Å²) in [6.45, 7) is 1.82. The summed E-state index contributed by atoms with van der Waals surface area (Å²) in [5, 5.41) is 3.20. The van der Waals surface area contributed by atoms with Gasteiger partial charge in [0.15, 0.2) is 0 Å². The molecular formula is C20H31N3O2. The number of carbonyl (C=O) groups excluding carboxylic acids is 1. The van der Waals surface area contributed by atoms with Gasteiger partial charge >= 0.3 is 0 Å². The van der Waals surface area contributed by atoms with Gasteiger partial charge in [-0.1, -0.05) is 18.6 Å². The minimum absolute atomic E-state index is 0.000701. The molecule has 0 aromatic heterocycles. The first-order valence-electron chi connectivity index (χ1n) is 9.47. The lowest BCUT2D eigenvalue weighted by Crippen LogP contribution is -2.44. The molecule has 1 aliphatic carbocycles. The van der Waals surface area contributed by atoms with Gasteiger partial charge in [-0.2, -0.15) is 0 Å². The van der Waals surface area contributed by atoms with Crippen LogP contribution in [-0.4, -0.2) is 44.1 Å². The number of piperidine rings is 1. The Morgan fingerprint density at radius 1 is 1.24 bits per heavy atom. The molecular weight excluding hydrogens is 314 g/mol. The zero-order valence-corrected chi connectivity index (χ0v) is 15.4. The predicted octanol–water partition coefficient (Wildman–Crippen LogP) is 2.32. The number of hydrogen-bond acceptors (Lipinski definition) is 4. The van der Waals surface area contributed by atoms with Gasteiger partial charge in [-0.05, 0) is 62.9 Å². The second-order valence-electron chi connectivity index (χ2n) is 7.55. The van der Waals surface area contributed by atoms with E-state index >= 15 is 0 Å². The van der Waals surface area contributed by atoms with Gasteiger partial charge in [0.2, 0.25) is 5.91 Å². The lowest BCUT2D eigenvalue weighted by molar-refractivity contribution is -0.125. The molecule has 5 heteroatoms. The summed E-state index contributed by atoms with van der Waals surface area (Å²) in [4.78, 5) is 14.9. The molecule has 138 valence electrons. The van der Waals surface area contributed by atoms with Gasteiger partial charge in [0.1, 0.15) is 5.75 Å². The third-order valence-electron chi connectivity index (χ3n) is 5.91. The van der Waals surface area contributed by atoms with Gasteiger partial charge in [0.05, 0.1) is 13.0 Å². The van der Waals surface area contributed by atoms with Gasteiger partial charge in [-0.15, -0.1) is 0 Å². The van der Waals surface area contributed by atoms with Gasteiger partial charge < -0.3 is 15.8 Å². The Balaban J connectivity index is 1.66. The van der Waals surface area contributed by atoms with E-state index in [0.717, 1.165) is 44.5 Å². The van der Waals surface area contributed by atoms with E-state index in [1.165, 1.54) is 12.0 Å². The fourth-order valence-corrected chi connectivity index (χ4v) is 4.48. The molecule has 4 atom stereocenters. The summed E-state index contributed by atoms with van der Waals surface area (Å²) in [6.07, 6.45) is 5.28. The highest BCUT2D eigenvalue weighted by molar-refractivity contribution is 5.79. The van der Waals surface area contributed by atoms with E-state index < -0.39 is 0 Å². The second kappa shape index (κ2) is 8.19. The van der Waals surface area contributed by atoms with Crippen molar-refractivity contribution in [3.05, 3.63) is 29.8 Å². The van der Waals surface area contributed by atoms with E-state index in [9.17, 15) is 4.79 Å². The van der Waals surface area contributed by atoms with Crippen molar-refractivity contribution in [1.29, 1.82) is 0 Å². The van der Waals surface area contributed by atoms with Crippen LogP contribution in [0.4, 0.5) is 0 Å². The summed E-state index contributed by atoms with van der Waals surface area (Å²) < 4.78 is 5.27. The first kappa shape index (κ1) is 18.2. The van der Waals surface area contributed by atoms with E-state index in [4.69, 9.17) is 10.5 Å². The molecule has 0 radical (unpaired) electrons. The van der Waals surface area contributed by atoms with E-state index in [1.54, 1.807) is 7.11 Å². The van der Waals surface area contributed by atoms with E-state index in [1.807, 2.05) is 12.1 Å². The summed E-state index contributed by atoms with van der Waals surface area (Å²) in [5.74, 6) is 1.45. The van der Waals surface area contributed by atoms with E-state index in [0.29, 0.717) is 12.0 Å². The van der Waals surface area contributed by atoms with E-state index in [-0.39, 0.29) is 17.9 Å². The highest BCUT2D eigenvalue weighted by Crippen LogP contribution is 2.35. The normalized spacial score (nSPS) is 30.2. The topological polar surface area (TPSA) is 67.6 Å². The van der Waals surface area contributed by atoms with Crippen molar-refractivity contribution in [3.8, 4) is 5.75 Å². The third kappa shape index (κ3) is 4.15. The number of benzene rings is 1. The minimum Gasteiger partial charge on any atom is -0.497 e.